The largest absolute Gasteiger partial charge is 0.341 e. The van der Waals surface area contributed by atoms with Crippen molar-refractivity contribution in [3.05, 3.63) is 42.5 Å². The van der Waals surface area contributed by atoms with Gasteiger partial charge in [-0.05, 0) is 17.9 Å². The number of imidazole rings is 1. The SMILES string of the molecule is CCSc1ccccc1NC(=O)c1cnc[nH]1. The molecule has 0 radical (unpaired) electrons. The molecule has 0 saturated carbocycles. The van der Waals surface area contributed by atoms with Crippen molar-refractivity contribution in [1.29, 1.82) is 0 Å². The first-order valence-corrected chi connectivity index (χ1v) is 6.31. The van der Waals surface area contributed by atoms with E-state index >= 15 is 0 Å². The van der Waals surface area contributed by atoms with Crippen molar-refractivity contribution in [1.82, 2.24) is 9.97 Å². The number of aromatic nitrogens is 2. The number of para-hydroxylation sites is 1. The van der Waals surface area contributed by atoms with Gasteiger partial charge in [0.1, 0.15) is 5.69 Å². The van der Waals surface area contributed by atoms with Crippen LogP contribution in [-0.4, -0.2) is 21.6 Å². The van der Waals surface area contributed by atoms with E-state index in [0.717, 1.165) is 16.3 Å². The molecule has 0 aliphatic carbocycles. The van der Waals surface area contributed by atoms with Gasteiger partial charge < -0.3 is 10.3 Å². The number of nitrogens with zero attached hydrogens (tertiary/aromatic N) is 1. The van der Waals surface area contributed by atoms with E-state index in [9.17, 15) is 4.79 Å². The van der Waals surface area contributed by atoms with Gasteiger partial charge in [-0.2, -0.15) is 0 Å². The first kappa shape index (κ1) is 11.7. The molecule has 1 heterocycles. The number of aromatic amines is 1. The van der Waals surface area contributed by atoms with Crippen LogP contribution in [0.2, 0.25) is 0 Å². The Hall–Kier alpha value is -1.75. The normalized spacial score (nSPS) is 10.2. The summed E-state index contributed by atoms with van der Waals surface area (Å²) in [5.41, 5.74) is 1.29. The molecule has 17 heavy (non-hydrogen) atoms. The van der Waals surface area contributed by atoms with Crippen LogP contribution < -0.4 is 5.32 Å². The molecule has 4 nitrogen and oxygen atoms in total. The number of rotatable bonds is 4. The van der Waals surface area contributed by atoms with Gasteiger partial charge in [-0.3, -0.25) is 4.79 Å². The van der Waals surface area contributed by atoms with Crippen molar-refractivity contribution in [2.75, 3.05) is 11.1 Å². The highest BCUT2D eigenvalue weighted by molar-refractivity contribution is 7.99. The summed E-state index contributed by atoms with van der Waals surface area (Å²) in [5.74, 6) is 0.795. The van der Waals surface area contributed by atoms with Crippen LogP contribution in [-0.2, 0) is 0 Å². The van der Waals surface area contributed by atoms with Crippen LogP contribution in [0.3, 0.4) is 0 Å². The third-order valence-electron chi connectivity index (χ3n) is 2.18. The summed E-state index contributed by atoms with van der Waals surface area (Å²) in [5, 5.41) is 2.87. The second kappa shape index (κ2) is 5.54. The van der Waals surface area contributed by atoms with Crippen LogP contribution in [0.1, 0.15) is 17.4 Å². The zero-order chi connectivity index (χ0) is 12.1. The summed E-state index contributed by atoms with van der Waals surface area (Å²) in [6.45, 7) is 2.08. The Labute approximate surface area is 104 Å². The summed E-state index contributed by atoms with van der Waals surface area (Å²) in [6.07, 6.45) is 2.99. The second-order valence-electron chi connectivity index (χ2n) is 3.35. The fourth-order valence-electron chi connectivity index (χ4n) is 1.42. The number of carbonyl (C=O) groups is 1. The van der Waals surface area contributed by atoms with Crippen LogP contribution in [0.5, 0.6) is 0 Å². The molecular weight excluding hydrogens is 234 g/mol. The zero-order valence-corrected chi connectivity index (χ0v) is 10.3. The molecule has 1 aromatic carbocycles. The van der Waals surface area contributed by atoms with Gasteiger partial charge in [0.05, 0.1) is 18.2 Å². The quantitative estimate of drug-likeness (QED) is 0.817. The average Bonchev–Trinajstić information content (AvgIpc) is 2.85. The van der Waals surface area contributed by atoms with Crippen LogP contribution in [0.15, 0.2) is 41.7 Å². The minimum absolute atomic E-state index is 0.174. The number of anilines is 1. The number of benzene rings is 1. The lowest BCUT2D eigenvalue weighted by molar-refractivity contribution is 0.102. The molecule has 0 saturated heterocycles. The zero-order valence-electron chi connectivity index (χ0n) is 9.43. The Morgan fingerprint density at radius 1 is 1.47 bits per heavy atom. The molecule has 0 bridgehead atoms. The lowest BCUT2D eigenvalue weighted by Crippen LogP contribution is -2.12. The fourth-order valence-corrected chi connectivity index (χ4v) is 2.18. The first-order chi connectivity index (χ1) is 8.31. The van der Waals surface area contributed by atoms with E-state index in [4.69, 9.17) is 0 Å². The van der Waals surface area contributed by atoms with Crippen molar-refractivity contribution in [3.63, 3.8) is 0 Å². The van der Waals surface area contributed by atoms with Crippen molar-refractivity contribution >= 4 is 23.4 Å². The van der Waals surface area contributed by atoms with E-state index in [0.29, 0.717) is 5.69 Å². The van der Waals surface area contributed by atoms with Gasteiger partial charge in [0.25, 0.3) is 5.91 Å². The Balaban J connectivity index is 2.15. The molecule has 0 aliphatic rings. The van der Waals surface area contributed by atoms with Gasteiger partial charge in [0.2, 0.25) is 0 Å². The van der Waals surface area contributed by atoms with Crippen molar-refractivity contribution in [2.45, 2.75) is 11.8 Å². The Bertz CT molecular complexity index is 496. The number of thioether (sulfide) groups is 1. The lowest BCUT2D eigenvalue weighted by Gasteiger charge is -2.08. The van der Waals surface area contributed by atoms with E-state index in [-0.39, 0.29) is 5.91 Å². The predicted octanol–water partition coefficient (Wildman–Crippen LogP) is 2.77. The van der Waals surface area contributed by atoms with Gasteiger partial charge in [0.15, 0.2) is 0 Å². The lowest BCUT2D eigenvalue weighted by atomic mass is 10.3. The van der Waals surface area contributed by atoms with Crippen LogP contribution in [0.25, 0.3) is 0 Å². The van der Waals surface area contributed by atoms with E-state index < -0.39 is 0 Å². The maximum absolute atomic E-state index is 11.8. The predicted molar refractivity (Wildman–Crippen MR) is 69.4 cm³/mol. The number of hydrogen-bond acceptors (Lipinski definition) is 3. The van der Waals surface area contributed by atoms with E-state index in [2.05, 4.69) is 22.2 Å². The molecule has 2 aromatic rings. The molecular formula is C12H13N3OS. The van der Waals surface area contributed by atoms with Gasteiger partial charge in [-0.25, -0.2) is 4.98 Å². The molecule has 0 aliphatic heterocycles. The average molecular weight is 247 g/mol. The highest BCUT2D eigenvalue weighted by Crippen LogP contribution is 2.26. The van der Waals surface area contributed by atoms with Gasteiger partial charge in [-0.15, -0.1) is 11.8 Å². The first-order valence-electron chi connectivity index (χ1n) is 5.33. The molecule has 2 N–H and O–H groups in total. The summed E-state index contributed by atoms with van der Waals surface area (Å²) >= 11 is 1.70. The number of amides is 1. The van der Waals surface area contributed by atoms with Gasteiger partial charge in [-0.1, -0.05) is 19.1 Å². The van der Waals surface area contributed by atoms with E-state index in [1.807, 2.05) is 24.3 Å². The molecule has 1 amide bonds. The third-order valence-corrected chi connectivity index (χ3v) is 3.13. The molecule has 5 heteroatoms. The molecule has 0 unspecified atom stereocenters. The van der Waals surface area contributed by atoms with Crippen molar-refractivity contribution in [2.24, 2.45) is 0 Å². The molecule has 0 atom stereocenters. The third kappa shape index (κ3) is 2.88. The highest BCUT2D eigenvalue weighted by atomic mass is 32.2. The standard InChI is InChI=1S/C12H13N3OS/c1-2-17-11-6-4-3-5-9(11)15-12(16)10-7-13-8-14-10/h3-8H,2H2,1H3,(H,13,14)(H,15,16). The van der Waals surface area contributed by atoms with Crippen LogP contribution in [0, 0.1) is 0 Å². The number of hydrogen-bond donors (Lipinski definition) is 2. The summed E-state index contributed by atoms with van der Waals surface area (Å²) in [6, 6.07) is 7.76. The maximum atomic E-state index is 11.8. The van der Waals surface area contributed by atoms with Crippen molar-refractivity contribution in [3.8, 4) is 0 Å². The van der Waals surface area contributed by atoms with Crippen LogP contribution >= 0.6 is 11.8 Å². The topological polar surface area (TPSA) is 57.8 Å². The van der Waals surface area contributed by atoms with Gasteiger partial charge in [0, 0.05) is 4.90 Å². The van der Waals surface area contributed by atoms with Crippen molar-refractivity contribution < 1.29 is 4.79 Å². The van der Waals surface area contributed by atoms with Gasteiger partial charge >= 0.3 is 0 Å². The van der Waals surface area contributed by atoms with Crippen LogP contribution in [0.4, 0.5) is 5.69 Å². The molecule has 0 spiro atoms. The summed E-state index contributed by atoms with van der Waals surface area (Å²) < 4.78 is 0. The second-order valence-corrected chi connectivity index (χ2v) is 4.65. The molecule has 88 valence electrons. The number of carbonyl (C=O) groups excluding carboxylic acids is 1. The van der Waals surface area contributed by atoms with E-state index in [1.165, 1.54) is 12.5 Å². The molecule has 1 aromatic heterocycles. The number of H-pyrrole nitrogens is 1. The maximum Gasteiger partial charge on any atom is 0.273 e. The Morgan fingerprint density at radius 2 is 2.29 bits per heavy atom. The summed E-state index contributed by atoms with van der Waals surface area (Å²) in [7, 11) is 0. The highest BCUT2D eigenvalue weighted by Gasteiger charge is 2.09. The Morgan fingerprint density at radius 3 is 3.00 bits per heavy atom. The molecule has 2 rings (SSSR count). The smallest absolute Gasteiger partial charge is 0.273 e. The monoisotopic (exact) mass is 247 g/mol. The fraction of sp³-hybridized carbons (Fsp3) is 0.167. The summed E-state index contributed by atoms with van der Waals surface area (Å²) in [4.78, 5) is 19.5. The number of nitrogens with one attached hydrogen (secondary N) is 2. The minimum atomic E-state index is -0.174. The minimum Gasteiger partial charge on any atom is -0.341 e. The Kier molecular flexibility index (Phi) is 3.82. The van der Waals surface area contributed by atoms with E-state index in [1.54, 1.807) is 11.8 Å². The molecule has 0 fully saturated rings.